The van der Waals surface area contributed by atoms with Crippen LogP contribution < -0.4 is 10.5 Å². The fraction of sp³-hybridized carbons (Fsp3) is 0.571. The van der Waals surface area contributed by atoms with Gasteiger partial charge in [0.15, 0.2) is 0 Å². The van der Waals surface area contributed by atoms with Crippen molar-refractivity contribution in [2.24, 2.45) is 17.6 Å². The van der Waals surface area contributed by atoms with E-state index in [4.69, 9.17) is 22.1 Å². The first-order valence-corrected chi connectivity index (χ1v) is 6.65. The molecule has 0 saturated heterocycles. The molecule has 0 spiro atoms. The van der Waals surface area contributed by atoms with Gasteiger partial charge in [-0.1, -0.05) is 18.0 Å². The summed E-state index contributed by atoms with van der Waals surface area (Å²) in [6.45, 7) is 0.799. The van der Waals surface area contributed by atoms with E-state index in [-0.39, 0.29) is 0 Å². The van der Waals surface area contributed by atoms with Gasteiger partial charge in [-0.15, -0.1) is 0 Å². The van der Waals surface area contributed by atoms with Crippen LogP contribution in [0.15, 0.2) is 18.2 Å². The molecule has 1 aliphatic rings. The first-order chi connectivity index (χ1) is 8.24. The van der Waals surface area contributed by atoms with Gasteiger partial charge in [0.25, 0.3) is 0 Å². The van der Waals surface area contributed by atoms with Crippen LogP contribution in [0.3, 0.4) is 0 Å². The lowest BCUT2D eigenvalue weighted by atomic mass is 9.89. The smallest absolute Gasteiger partial charge is 0.122 e. The number of halogens is 1. The Labute approximate surface area is 108 Å². The Morgan fingerprint density at radius 3 is 2.82 bits per heavy atom. The maximum Gasteiger partial charge on any atom is 0.122 e. The lowest BCUT2D eigenvalue weighted by Gasteiger charge is -2.19. The molecule has 0 aliphatic heterocycles. The highest BCUT2D eigenvalue weighted by molar-refractivity contribution is 6.30. The van der Waals surface area contributed by atoms with E-state index in [2.05, 4.69) is 0 Å². The molecule has 0 bridgehead atoms. The van der Waals surface area contributed by atoms with Gasteiger partial charge < -0.3 is 10.5 Å². The van der Waals surface area contributed by atoms with Gasteiger partial charge in [-0.05, 0) is 61.4 Å². The Morgan fingerprint density at radius 2 is 2.12 bits per heavy atom. The third kappa shape index (κ3) is 2.93. The fourth-order valence-corrected chi connectivity index (χ4v) is 3.08. The minimum absolute atomic E-state index is 0.665. The number of rotatable bonds is 4. The van der Waals surface area contributed by atoms with Gasteiger partial charge in [0.2, 0.25) is 0 Å². The number of nitrogens with two attached hydrogens (primary N) is 1. The zero-order valence-corrected chi connectivity index (χ0v) is 11.0. The van der Waals surface area contributed by atoms with Crippen molar-refractivity contribution in [1.29, 1.82) is 0 Å². The Balaban J connectivity index is 2.14. The molecule has 2 unspecified atom stereocenters. The molecular weight excluding hydrogens is 234 g/mol. The number of methoxy groups -OCH3 is 1. The van der Waals surface area contributed by atoms with Crippen molar-refractivity contribution in [3.05, 3.63) is 28.8 Å². The molecule has 3 heteroatoms. The lowest BCUT2D eigenvalue weighted by molar-refractivity contribution is 0.375. The van der Waals surface area contributed by atoms with Gasteiger partial charge in [0.05, 0.1) is 7.11 Å². The Morgan fingerprint density at radius 1 is 1.35 bits per heavy atom. The van der Waals surface area contributed by atoms with E-state index in [1.807, 2.05) is 18.2 Å². The van der Waals surface area contributed by atoms with Gasteiger partial charge in [0, 0.05) is 5.02 Å². The Bertz CT molecular complexity index is 380. The normalized spacial score (nSPS) is 23.9. The van der Waals surface area contributed by atoms with Crippen molar-refractivity contribution in [1.82, 2.24) is 0 Å². The summed E-state index contributed by atoms with van der Waals surface area (Å²) in [4.78, 5) is 0. The van der Waals surface area contributed by atoms with Crippen molar-refractivity contribution >= 4 is 11.6 Å². The molecule has 0 aromatic heterocycles. The van der Waals surface area contributed by atoms with E-state index in [0.29, 0.717) is 11.8 Å². The van der Waals surface area contributed by atoms with E-state index < -0.39 is 0 Å². The van der Waals surface area contributed by atoms with E-state index in [1.165, 1.54) is 24.8 Å². The third-order valence-electron chi connectivity index (χ3n) is 3.84. The highest BCUT2D eigenvalue weighted by Crippen LogP contribution is 2.36. The molecular formula is C14H20ClNO. The highest BCUT2D eigenvalue weighted by Gasteiger charge is 2.26. The summed E-state index contributed by atoms with van der Waals surface area (Å²) >= 11 is 6.05. The van der Waals surface area contributed by atoms with Gasteiger partial charge in [-0.3, -0.25) is 0 Å². The maximum atomic E-state index is 6.05. The molecule has 2 rings (SSSR count). The topological polar surface area (TPSA) is 35.2 Å². The predicted octanol–water partition coefficient (Wildman–Crippen LogP) is 3.27. The molecule has 2 nitrogen and oxygen atoms in total. The summed E-state index contributed by atoms with van der Waals surface area (Å²) in [5.74, 6) is 2.29. The molecule has 0 amide bonds. The van der Waals surface area contributed by atoms with E-state index in [1.54, 1.807) is 7.11 Å². The lowest BCUT2D eigenvalue weighted by Crippen LogP contribution is -2.20. The van der Waals surface area contributed by atoms with Crippen LogP contribution in [0.25, 0.3) is 0 Å². The summed E-state index contributed by atoms with van der Waals surface area (Å²) in [6.07, 6.45) is 4.88. The van der Waals surface area contributed by atoms with Crippen molar-refractivity contribution < 1.29 is 4.74 Å². The van der Waals surface area contributed by atoms with Gasteiger partial charge in [0.1, 0.15) is 5.75 Å². The standard InChI is InChI=1S/C14H20ClNO/c1-17-14-6-5-13(15)8-12(14)7-10-3-2-4-11(10)9-16/h5-6,8,10-11H,2-4,7,9,16H2,1H3. The minimum Gasteiger partial charge on any atom is -0.496 e. The molecule has 0 heterocycles. The fourth-order valence-electron chi connectivity index (χ4n) is 2.88. The van der Waals surface area contributed by atoms with Crippen LogP contribution in [0.4, 0.5) is 0 Å². The van der Waals surface area contributed by atoms with E-state index in [0.717, 1.165) is 23.7 Å². The van der Waals surface area contributed by atoms with Crippen LogP contribution in [0, 0.1) is 11.8 Å². The Kier molecular flexibility index (Phi) is 4.30. The van der Waals surface area contributed by atoms with Crippen molar-refractivity contribution in [3.63, 3.8) is 0 Å². The SMILES string of the molecule is COc1ccc(Cl)cc1CC1CCCC1CN. The molecule has 1 aliphatic carbocycles. The summed E-state index contributed by atoms with van der Waals surface area (Å²) in [7, 11) is 1.71. The van der Waals surface area contributed by atoms with Crippen LogP contribution >= 0.6 is 11.6 Å². The number of hydrogen-bond acceptors (Lipinski definition) is 2. The molecule has 1 aromatic rings. The van der Waals surface area contributed by atoms with Gasteiger partial charge in [-0.2, -0.15) is 0 Å². The molecule has 17 heavy (non-hydrogen) atoms. The molecule has 94 valence electrons. The Hall–Kier alpha value is -0.730. The average molecular weight is 254 g/mol. The second kappa shape index (κ2) is 5.74. The first kappa shape index (κ1) is 12.7. The van der Waals surface area contributed by atoms with Crippen LogP contribution in [-0.4, -0.2) is 13.7 Å². The molecule has 2 atom stereocenters. The summed E-state index contributed by atoms with van der Waals surface area (Å²) in [5.41, 5.74) is 7.03. The third-order valence-corrected chi connectivity index (χ3v) is 4.08. The summed E-state index contributed by atoms with van der Waals surface area (Å²) < 4.78 is 5.39. The second-order valence-electron chi connectivity index (χ2n) is 4.85. The zero-order chi connectivity index (χ0) is 12.3. The number of hydrogen-bond donors (Lipinski definition) is 1. The van der Waals surface area contributed by atoms with E-state index in [9.17, 15) is 0 Å². The molecule has 2 N–H and O–H groups in total. The number of ether oxygens (including phenoxy) is 1. The van der Waals surface area contributed by atoms with Crippen molar-refractivity contribution in [2.45, 2.75) is 25.7 Å². The first-order valence-electron chi connectivity index (χ1n) is 6.27. The van der Waals surface area contributed by atoms with Crippen LogP contribution in [-0.2, 0) is 6.42 Å². The molecule has 1 saturated carbocycles. The van der Waals surface area contributed by atoms with E-state index >= 15 is 0 Å². The van der Waals surface area contributed by atoms with Gasteiger partial charge in [-0.25, -0.2) is 0 Å². The monoisotopic (exact) mass is 253 g/mol. The maximum absolute atomic E-state index is 6.05. The number of benzene rings is 1. The van der Waals surface area contributed by atoms with Crippen LogP contribution in [0.1, 0.15) is 24.8 Å². The van der Waals surface area contributed by atoms with Gasteiger partial charge >= 0.3 is 0 Å². The van der Waals surface area contributed by atoms with Crippen LogP contribution in [0.5, 0.6) is 5.75 Å². The largest absolute Gasteiger partial charge is 0.496 e. The summed E-state index contributed by atoms with van der Waals surface area (Å²) in [6, 6.07) is 5.84. The zero-order valence-electron chi connectivity index (χ0n) is 10.3. The van der Waals surface area contributed by atoms with Crippen molar-refractivity contribution in [3.8, 4) is 5.75 Å². The van der Waals surface area contributed by atoms with Crippen LogP contribution in [0.2, 0.25) is 5.02 Å². The summed E-state index contributed by atoms with van der Waals surface area (Å²) in [5, 5.41) is 0.781. The minimum atomic E-state index is 0.665. The molecule has 0 radical (unpaired) electrons. The van der Waals surface area contributed by atoms with Crippen molar-refractivity contribution in [2.75, 3.05) is 13.7 Å². The second-order valence-corrected chi connectivity index (χ2v) is 5.28. The highest BCUT2D eigenvalue weighted by atomic mass is 35.5. The average Bonchev–Trinajstić information content (AvgIpc) is 2.77. The predicted molar refractivity (Wildman–Crippen MR) is 71.6 cm³/mol. The molecule has 1 fully saturated rings. The quantitative estimate of drug-likeness (QED) is 0.894. The molecule has 1 aromatic carbocycles.